The average Bonchev–Trinajstić information content (AvgIpc) is 3.39. The van der Waals surface area contributed by atoms with Crippen molar-refractivity contribution >= 4 is 34.7 Å². The van der Waals surface area contributed by atoms with Gasteiger partial charge in [-0.25, -0.2) is 4.39 Å². The quantitative estimate of drug-likeness (QED) is 0.465. The minimum Gasteiger partial charge on any atom is -0.356 e. The van der Waals surface area contributed by atoms with Gasteiger partial charge in [0, 0.05) is 25.3 Å². The number of likely N-dealkylation sites (tertiary alicyclic amines) is 1. The zero-order chi connectivity index (χ0) is 24.6. The molecule has 2 heterocycles. The zero-order valence-corrected chi connectivity index (χ0v) is 19.9. The monoisotopic (exact) mass is 495 g/mol. The van der Waals surface area contributed by atoms with E-state index in [1.165, 1.54) is 29.8 Å². The normalized spacial score (nSPS) is 15.5. The van der Waals surface area contributed by atoms with Crippen LogP contribution < -0.4 is 10.6 Å². The molecular formula is C25H26FN5O3S. The highest BCUT2D eigenvalue weighted by Gasteiger charge is 2.30. The molecule has 2 aromatic carbocycles. The maximum absolute atomic E-state index is 13.0. The molecule has 35 heavy (non-hydrogen) atoms. The Morgan fingerprint density at radius 2 is 1.77 bits per heavy atom. The molecule has 3 amide bonds. The minimum absolute atomic E-state index is 0.0300. The van der Waals surface area contributed by atoms with E-state index in [2.05, 4.69) is 33.0 Å². The lowest BCUT2D eigenvalue weighted by molar-refractivity contribution is -0.126. The van der Waals surface area contributed by atoms with Crippen molar-refractivity contribution in [2.45, 2.75) is 25.7 Å². The van der Waals surface area contributed by atoms with Crippen molar-refractivity contribution < 1.29 is 18.8 Å². The van der Waals surface area contributed by atoms with Gasteiger partial charge < -0.3 is 15.5 Å². The van der Waals surface area contributed by atoms with Crippen LogP contribution in [0.4, 0.5) is 10.1 Å². The van der Waals surface area contributed by atoms with Crippen LogP contribution in [0.25, 0.3) is 0 Å². The molecule has 1 atom stereocenters. The highest BCUT2D eigenvalue weighted by Crippen LogP contribution is 2.21. The summed E-state index contributed by atoms with van der Waals surface area (Å²) < 4.78 is 13.0. The number of halogens is 1. The lowest BCUT2D eigenvalue weighted by Crippen LogP contribution is -2.45. The molecule has 10 heteroatoms. The van der Waals surface area contributed by atoms with Gasteiger partial charge >= 0.3 is 0 Å². The molecule has 1 aromatic heterocycles. The van der Waals surface area contributed by atoms with E-state index in [0.717, 1.165) is 30.6 Å². The number of hydrogen-bond donors (Lipinski definition) is 2. The summed E-state index contributed by atoms with van der Waals surface area (Å²) in [6, 6.07) is 15.4. The van der Waals surface area contributed by atoms with E-state index < -0.39 is 11.7 Å². The number of hydrogen-bond acceptors (Lipinski definition) is 6. The summed E-state index contributed by atoms with van der Waals surface area (Å²) >= 11 is 0.889. The molecule has 0 saturated carbocycles. The molecule has 1 aliphatic heterocycles. The van der Waals surface area contributed by atoms with E-state index in [0.29, 0.717) is 31.7 Å². The van der Waals surface area contributed by atoms with Crippen molar-refractivity contribution in [1.29, 1.82) is 0 Å². The van der Waals surface area contributed by atoms with Crippen LogP contribution in [-0.4, -0.2) is 52.5 Å². The number of carbonyl (C=O) groups excluding carboxylic acids is 3. The van der Waals surface area contributed by atoms with Crippen LogP contribution in [0.1, 0.15) is 44.4 Å². The largest absolute Gasteiger partial charge is 0.356 e. The van der Waals surface area contributed by atoms with Gasteiger partial charge in [0.2, 0.25) is 15.9 Å². The van der Waals surface area contributed by atoms with Gasteiger partial charge in [-0.1, -0.05) is 41.7 Å². The van der Waals surface area contributed by atoms with Gasteiger partial charge in [-0.15, -0.1) is 10.2 Å². The third-order valence-corrected chi connectivity index (χ3v) is 6.68. The topological polar surface area (TPSA) is 104 Å². The predicted octanol–water partition coefficient (Wildman–Crippen LogP) is 3.53. The highest BCUT2D eigenvalue weighted by molar-refractivity contribution is 7.15. The van der Waals surface area contributed by atoms with Crippen LogP contribution in [0.3, 0.4) is 0 Å². The first-order valence-electron chi connectivity index (χ1n) is 11.5. The van der Waals surface area contributed by atoms with Crippen molar-refractivity contribution in [3.63, 3.8) is 0 Å². The van der Waals surface area contributed by atoms with Crippen LogP contribution in [0, 0.1) is 11.7 Å². The van der Waals surface area contributed by atoms with Gasteiger partial charge in [0.1, 0.15) is 5.82 Å². The summed E-state index contributed by atoms with van der Waals surface area (Å²) in [7, 11) is 0. The molecule has 3 aromatic rings. The summed E-state index contributed by atoms with van der Waals surface area (Å²) in [5.41, 5.74) is 1.65. The van der Waals surface area contributed by atoms with Crippen molar-refractivity contribution in [3.05, 3.63) is 76.0 Å². The fourth-order valence-corrected chi connectivity index (χ4v) is 4.63. The number of anilines is 1. The maximum atomic E-state index is 13.0. The number of amides is 3. The fourth-order valence-electron chi connectivity index (χ4n) is 3.92. The van der Waals surface area contributed by atoms with E-state index >= 15 is 0 Å². The molecule has 1 saturated heterocycles. The highest BCUT2D eigenvalue weighted by atomic mass is 32.1. The number of benzene rings is 2. The van der Waals surface area contributed by atoms with Crippen molar-refractivity contribution in [2.75, 3.05) is 25.0 Å². The van der Waals surface area contributed by atoms with Gasteiger partial charge in [-0.05, 0) is 55.5 Å². The Labute approximate surface area is 206 Å². The van der Waals surface area contributed by atoms with Crippen LogP contribution in [-0.2, 0) is 11.2 Å². The van der Waals surface area contributed by atoms with Gasteiger partial charge in [-0.2, -0.15) is 0 Å². The molecule has 1 aliphatic rings. The number of nitrogens with one attached hydrogen (secondary N) is 2. The molecule has 182 valence electrons. The van der Waals surface area contributed by atoms with E-state index in [9.17, 15) is 18.8 Å². The Morgan fingerprint density at radius 1 is 1.03 bits per heavy atom. The number of nitrogens with zero attached hydrogens (tertiary/aromatic N) is 3. The molecule has 0 spiro atoms. The Kier molecular flexibility index (Phi) is 8.15. The second-order valence-corrected chi connectivity index (χ2v) is 9.32. The zero-order valence-electron chi connectivity index (χ0n) is 19.1. The van der Waals surface area contributed by atoms with Crippen LogP contribution in [0.2, 0.25) is 0 Å². The Balaban J connectivity index is 1.27. The van der Waals surface area contributed by atoms with Crippen LogP contribution in [0.15, 0.2) is 54.6 Å². The Morgan fingerprint density at radius 3 is 2.54 bits per heavy atom. The first kappa shape index (κ1) is 24.5. The lowest BCUT2D eigenvalue weighted by Gasteiger charge is -2.31. The Bertz CT molecular complexity index is 1170. The van der Waals surface area contributed by atoms with Crippen LogP contribution >= 0.6 is 11.3 Å². The van der Waals surface area contributed by atoms with Crippen molar-refractivity contribution in [1.82, 2.24) is 20.4 Å². The standard InChI is InChI=1S/C25H26FN5O3S/c26-19-10-12-20(13-11-19)28-22(33)23-29-30-24(35-23)25(34)31-15-5-9-18(16-31)21(32)27-14-4-8-17-6-2-1-3-7-17/h1-3,6-7,10-13,18H,4-5,8-9,14-16H2,(H,27,32)(H,28,33)/t18-/m0/s1. The van der Waals surface area contributed by atoms with Gasteiger partial charge in [-0.3, -0.25) is 14.4 Å². The SMILES string of the molecule is O=C(Nc1ccc(F)cc1)c1nnc(C(=O)N2CCC[C@H](C(=O)NCCCc3ccccc3)C2)s1. The first-order valence-corrected chi connectivity index (χ1v) is 12.3. The second-order valence-electron chi connectivity index (χ2n) is 8.34. The molecule has 8 nitrogen and oxygen atoms in total. The number of aromatic nitrogens is 2. The molecule has 0 bridgehead atoms. The molecule has 0 radical (unpaired) electrons. The first-order chi connectivity index (χ1) is 17.0. The van der Waals surface area contributed by atoms with Gasteiger partial charge in [0.05, 0.1) is 5.92 Å². The summed E-state index contributed by atoms with van der Waals surface area (Å²) in [5.74, 6) is -1.61. The number of rotatable bonds is 8. The minimum atomic E-state index is -0.528. The molecular weight excluding hydrogens is 469 g/mol. The summed E-state index contributed by atoms with van der Waals surface area (Å²) in [4.78, 5) is 39.6. The maximum Gasteiger partial charge on any atom is 0.286 e. The van der Waals surface area contributed by atoms with E-state index in [-0.39, 0.29) is 27.7 Å². The number of piperidine rings is 1. The van der Waals surface area contributed by atoms with Crippen molar-refractivity contribution in [2.24, 2.45) is 5.92 Å². The smallest absolute Gasteiger partial charge is 0.286 e. The van der Waals surface area contributed by atoms with E-state index in [4.69, 9.17) is 0 Å². The summed E-state index contributed by atoms with van der Waals surface area (Å²) in [5, 5.41) is 13.4. The third kappa shape index (κ3) is 6.69. The lowest BCUT2D eigenvalue weighted by atomic mass is 9.97. The number of aryl methyl sites for hydroxylation is 1. The van der Waals surface area contributed by atoms with Gasteiger partial charge in [0.15, 0.2) is 0 Å². The average molecular weight is 496 g/mol. The summed E-state index contributed by atoms with van der Waals surface area (Å²) in [6.07, 6.45) is 3.17. The third-order valence-electron chi connectivity index (χ3n) is 5.77. The second kappa shape index (κ2) is 11.7. The van der Waals surface area contributed by atoms with Crippen LogP contribution in [0.5, 0.6) is 0 Å². The molecule has 1 fully saturated rings. The molecule has 4 rings (SSSR count). The number of carbonyl (C=O) groups is 3. The predicted molar refractivity (Wildman–Crippen MR) is 131 cm³/mol. The van der Waals surface area contributed by atoms with Gasteiger partial charge in [0.25, 0.3) is 11.8 Å². The molecule has 0 aliphatic carbocycles. The van der Waals surface area contributed by atoms with E-state index in [1.807, 2.05) is 18.2 Å². The summed E-state index contributed by atoms with van der Waals surface area (Å²) in [6.45, 7) is 1.41. The molecule has 2 N–H and O–H groups in total. The van der Waals surface area contributed by atoms with Crippen molar-refractivity contribution in [3.8, 4) is 0 Å². The Hall–Kier alpha value is -3.66. The fraction of sp³-hybridized carbons (Fsp3) is 0.320. The van der Waals surface area contributed by atoms with E-state index in [1.54, 1.807) is 4.90 Å². The molecule has 0 unspecified atom stereocenters.